The smallest absolute Gasteiger partial charge is 0.411 e. The van der Waals surface area contributed by atoms with Crippen molar-refractivity contribution in [3.63, 3.8) is 0 Å². The van der Waals surface area contributed by atoms with E-state index < -0.39 is 35.3 Å². The molecule has 0 aliphatic carbocycles. The normalized spacial score (nSPS) is 18.1. The van der Waals surface area contributed by atoms with E-state index in [4.69, 9.17) is 4.74 Å². The maximum Gasteiger partial charge on any atom is 0.411 e. The Hall–Kier alpha value is -4.07. The Labute approximate surface area is 214 Å². The van der Waals surface area contributed by atoms with E-state index in [1.165, 1.54) is 6.07 Å². The molecule has 0 saturated heterocycles. The van der Waals surface area contributed by atoms with Gasteiger partial charge in [-0.05, 0) is 55.6 Å². The average Bonchev–Trinajstić information content (AvgIpc) is 3.31. The average molecular weight is 505 g/mol. The van der Waals surface area contributed by atoms with E-state index in [0.717, 1.165) is 11.1 Å². The standard InChI is InChI=1S/C29H30F2N4O2/c1-16-23-22(15-21(30)24(25(23)31)20-8-6-7-17-13-14-32-26(17)20)34-29(2,3)27(16)37-28(36)33-18-9-11-19(12-10-18)35(4)5/h6-16,27,32,34H,1-5H3,(H,33,36). The number of ether oxygens (including phenoxy) is 1. The van der Waals surface area contributed by atoms with Crippen molar-refractivity contribution in [3.05, 3.63) is 78.0 Å². The van der Waals surface area contributed by atoms with Crippen LogP contribution in [-0.2, 0) is 4.74 Å². The molecule has 1 amide bonds. The third kappa shape index (κ3) is 4.37. The fourth-order valence-corrected chi connectivity index (χ4v) is 5.27. The van der Waals surface area contributed by atoms with Crippen LogP contribution >= 0.6 is 0 Å². The Morgan fingerprint density at radius 3 is 2.51 bits per heavy atom. The van der Waals surface area contributed by atoms with Crippen LogP contribution in [0.4, 0.5) is 30.6 Å². The van der Waals surface area contributed by atoms with Gasteiger partial charge < -0.3 is 19.9 Å². The van der Waals surface area contributed by atoms with Crippen LogP contribution in [0.3, 0.4) is 0 Å². The molecule has 1 aliphatic rings. The van der Waals surface area contributed by atoms with E-state index in [9.17, 15) is 4.79 Å². The first-order valence-corrected chi connectivity index (χ1v) is 12.2. The number of rotatable bonds is 4. The predicted octanol–water partition coefficient (Wildman–Crippen LogP) is 7.10. The van der Waals surface area contributed by atoms with E-state index >= 15 is 8.78 Å². The molecule has 3 N–H and O–H groups in total. The quantitative estimate of drug-likeness (QED) is 0.277. The number of aromatic nitrogens is 1. The van der Waals surface area contributed by atoms with Crippen molar-refractivity contribution in [1.29, 1.82) is 0 Å². The summed E-state index contributed by atoms with van der Waals surface area (Å²) in [5, 5.41) is 6.81. The largest absolute Gasteiger partial charge is 0.443 e. The Morgan fingerprint density at radius 1 is 1.08 bits per heavy atom. The maximum absolute atomic E-state index is 16.1. The third-order valence-corrected chi connectivity index (χ3v) is 7.05. The molecule has 1 aliphatic heterocycles. The van der Waals surface area contributed by atoms with Crippen LogP contribution in [0.15, 0.2) is 60.8 Å². The summed E-state index contributed by atoms with van der Waals surface area (Å²) in [5.41, 5.74) is 2.43. The highest BCUT2D eigenvalue weighted by molar-refractivity contribution is 5.95. The highest BCUT2D eigenvalue weighted by Gasteiger charge is 2.45. The number of para-hydroxylation sites is 1. The number of anilines is 3. The molecule has 0 saturated carbocycles. The van der Waals surface area contributed by atoms with Crippen molar-refractivity contribution in [1.82, 2.24) is 4.98 Å². The van der Waals surface area contributed by atoms with Gasteiger partial charge in [0.05, 0.1) is 16.6 Å². The van der Waals surface area contributed by atoms with E-state index in [1.807, 2.05) is 57.1 Å². The zero-order valence-electron chi connectivity index (χ0n) is 21.4. The molecule has 0 bridgehead atoms. The minimum Gasteiger partial charge on any atom is -0.443 e. The van der Waals surface area contributed by atoms with E-state index in [2.05, 4.69) is 15.6 Å². The summed E-state index contributed by atoms with van der Waals surface area (Å²) in [6, 6.07) is 15.9. The molecule has 4 aromatic rings. The van der Waals surface area contributed by atoms with Crippen LogP contribution in [-0.4, -0.2) is 36.8 Å². The summed E-state index contributed by atoms with van der Waals surface area (Å²) in [5.74, 6) is -1.87. The van der Waals surface area contributed by atoms with Gasteiger partial charge in [0, 0.05) is 54.4 Å². The molecule has 5 rings (SSSR count). The van der Waals surface area contributed by atoms with Crippen molar-refractivity contribution in [3.8, 4) is 11.1 Å². The third-order valence-electron chi connectivity index (χ3n) is 7.05. The number of amides is 1. The van der Waals surface area contributed by atoms with E-state index in [-0.39, 0.29) is 11.1 Å². The first kappa shape index (κ1) is 24.6. The molecular formula is C29H30F2N4O2. The lowest BCUT2D eigenvalue weighted by molar-refractivity contribution is 0.0561. The van der Waals surface area contributed by atoms with Crippen molar-refractivity contribution in [2.45, 2.75) is 38.3 Å². The SMILES string of the molecule is CC1c2c(cc(F)c(-c3cccc4cc[nH]c34)c2F)NC(C)(C)C1OC(=O)Nc1ccc(N(C)C)cc1. The van der Waals surface area contributed by atoms with Gasteiger partial charge in [-0.1, -0.05) is 25.1 Å². The van der Waals surface area contributed by atoms with Gasteiger partial charge >= 0.3 is 6.09 Å². The lowest BCUT2D eigenvalue weighted by atomic mass is 9.77. The van der Waals surface area contributed by atoms with Crippen LogP contribution in [0.2, 0.25) is 0 Å². The fourth-order valence-electron chi connectivity index (χ4n) is 5.27. The molecule has 3 aromatic carbocycles. The first-order valence-electron chi connectivity index (χ1n) is 12.2. The second kappa shape index (κ2) is 9.10. The number of halogens is 2. The van der Waals surface area contributed by atoms with Gasteiger partial charge in [-0.25, -0.2) is 13.6 Å². The molecule has 1 aromatic heterocycles. The number of aromatic amines is 1. The minimum atomic E-state index is -0.779. The van der Waals surface area contributed by atoms with Crippen LogP contribution < -0.4 is 15.5 Å². The number of nitrogens with zero attached hydrogens (tertiary/aromatic N) is 1. The summed E-state index contributed by atoms with van der Waals surface area (Å²) in [6.45, 7) is 5.49. The molecule has 37 heavy (non-hydrogen) atoms. The molecule has 8 heteroatoms. The summed E-state index contributed by atoms with van der Waals surface area (Å²) >= 11 is 0. The van der Waals surface area contributed by atoms with Gasteiger partial charge in [0.15, 0.2) is 0 Å². The van der Waals surface area contributed by atoms with Crippen LogP contribution in [0.1, 0.15) is 32.3 Å². The van der Waals surface area contributed by atoms with Crippen molar-refractivity contribution in [2.24, 2.45) is 0 Å². The number of hydrogen-bond acceptors (Lipinski definition) is 4. The van der Waals surface area contributed by atoms with Crippen molar-refractivity contribution in [2.75, 3.05) is 29.6 Å². The summed E-state index contributed by atoms with van der Waals surface area (Å²) in [4.78, 5) is 17.9. The van der Waals surface area contributed by atoms with Gasteiger partial charge in [-0.2, -0.15) is 0 Å². The Kier molecular flexibility index (Phi) is 6.06. The number of hydrogen-bond donors (Lipinski definition) is 3. The summed E-state index contributed by atoms with van der Waals surface area (Å²) < 4.78 is 37.4. The number of H-pyrrole nitrogens is 1. The highest BCUT2D eigenvalue weighted by atomic mass is 19.1. The van der Waals surface area contributed by atoms with Crippen LogP contribution in [0.25, 0.3) is 22.0 Å². The topological polar surface area (TPSA) is 69.4 Å². The minimum absolute atomic E-state index is 0.107. The summed E-state index contributed by atoms with van der Waals surface area (Å²) in [6.07, 6.45) is 0.368. The van der Waals surface area contributed by atoms with Crippen LogP contribution in [0, 0.1) is 11.6 Å². The molecule has 0 spiro atoms. The second-order valence-electron chi connectivity index (χ2n) is 10.3. The molecule has 6 nitrogen and oxygen atoms in total. The monoisotopic (exact) mass is 504 g/mol. The fraction of sp³-hybridized carbons (Fsp3) is 0.276. The van der Waals surface area contributed by atoms with Crippen LogP contribution in [0.5, 0.6) is 0 Å². The number of fused-ring (bicyclic) bond motifs is 2. The zero-order valence-corrected chi connectivity index (χ0v) is 21.4. The molecule has 0 fully saturated rings. The first-order chi connectivity index (χ1) is 17.6. The molecule has 2 unspecified atom stereocenters. The second-order valence-corrected chi connectivity index (χ2v) is 10.3. The molecule has 0 radical (unpaired) electrons. The van der Waals surface area contributed by atoms with Gasteiger partial charge in [0.1, 0.15) is 17.7 Å². The Balaban J connectivity index is 1.47. The predicted molar refractivity (Wildman–Crippen MR) is 144 cm³/mol. The van der Waals surface area contributed by atoms with Gasteiger partial charge in [-0.3, -0.25) is 5.32 Å². The Morgan fingerprint density at radius 2 is 1.81 bits per heavy atom. The number of benzene rings is 3. The molecular weight excluding hydrogens is 474 g/mol. The lowest BCUT2D eigenvalue weighted by Crippen LogP contribution is -2.52. The molecule has 2 atom stereocenters. The highest BCUT2D eigenvalue weighted by Crippen LogP contribution is 2.46. The van der Waals surface area contributed by atoms with Crippen molar-refractivity contribution < 1.29 is 18.3 Å². The lowest BCUT2D eigenvalue weighted by Gasteiger charge is -2.44. The zero-order chi connectivity index (χ0) is 26.5. The van der Waals surface area contributed by atoms with Gasteiger partial charge in [0.2, 0.25) is 0 Å². The molecule has 192 valence electrons. The van der Waals surface area contributed by atoms with Gasteiger partial charge in [0.25, 0.3) is 0 Å². The number of carbonyl (C=O) groups excluding carboxylic acids is 1. The molecule has 2 heterocycles. The van der Waals surface area contributed by atoms with E-state index in [1.54, 1.807) is 37.4 Å². The van der Waals surface area contributed by atoms with E-state index in [0.29, 0.717) is 22.5 Å². The summed E-state index contributed by atoms with van der Waals surface area (Å²) in [7, 11) is 3.87. The van der Waals surface area contributed by atoms with Crippen molar-refractivity contribution >= 4 is 34.1 Å². The number of carbonyl (C=O) groups is 1. The van der Waals surface area contributed by atoms with Gasteiger partial charge in [-0.15, -0.1) is 0 Å². The number of nitrogens with one attached hydrogen (secondary N) is 3. The maximum atomic E-state index is 16.1. The Bertz CT molecular complexity index is 1480.